The molecule has 7 nitrogen and oxygen atoms in total. The van der Waals surface area contributed by atoms with E-state index < -0.39 is 29.9 Å². The van der Waals surface area contributed by atoms with Crippen molar-refractivity contribution in [2.24, 2.45) is 17.6 Å². The van der Waals surface area contributed by atoms with Gasteiger partial charge in [0.05, 0.1) is 18.3 Å². The molecule has 154 valence electrons. The van der Waals surface area contributed by atoms with E-state index in [0.29, 0.717) is 17.2 Å². The van der Waals surface area contributed by atoms with Crippen LogP contribution in [0.5, 0.6) is 0 Å². The molecule has 0 amide bonds. The summed E-state index contributed by atoms with van der Waals surface area (Å²) in [5.74, 6) is -4.01. The predicted molar refractivity (Wildman–Crippen MR) is 97.8 cm³/mol. The SMILES string of the molecule is CC1CN(c2ccnc(-c3cnc4cnc(C(F)F)cn34)n2)CC(CN)C1(F)F. The van der Waals surface area contributed by atoms with Crippen molar-refractivity contribution in [2.45, 2.75) is 19.3 Å². The Morgan fingerprint density at radius 1 is 1.21 bits per heavy atom. The lowest BCUT2D eigenvalue weighted by Crippen LogP contribution is -2.55. The van der Waals surface area contributed by atoms with Gasteiger partial charge in [0.15, 0.2) is 11.5 Å². The van der Waals surface area contributed by atoms with E-state index in [-0.39, 0.29) is 25.5 Å². The third kappa shape index (κ3) is 3.39. The molecule has 0 radical (unpaired) electrons. The Bertz CT molecular complexity index is 1020. The van der Waals surface area contributed by atoms with Crippen LogP contribution in [-0.4, -0.2) is 49.9 Å². The second kappa shape index (κ2) is 7.21. The van der Waals surface area contributed by atoms with Crippen LogP contribution in [0.4, 0.5) is 23.4 Å². The number of anilines is 1. The third-order valence-electron chi connectivity index (χ3n) is 5.25. The van der Waals surface area contributed by atoms with Gasteiger partial charge in [-0.25, -0.2) is 37.5 Å². The Labute approximate surface area is 163 Å². The number of piperidine rings is 1. The average molecular weight is 409 g/mol. The molecule has 0 aliphatic carbocycles. The largest absolute Gasteiger partial charge is 0.355 e. The molecule has 3 aromatic rings. The summed E-state index contributed by atoms with van der Waals surface area (Å²) in [5.41, 5.74) is 5.94. The van der Waals surface area contributed by atoms with E-state index in [2.05, 4.69) is 19.9 Å². The van der Waals surface area contributed by atoms with Crippen molar-refractivity contribution in [3.05, 3.63) is 36.5 Å². The second-order valence-corrected chi connectivity index (χ2v) is 7.14. The zero-order chi connectivity index (χ0) is 20.8. The van der Waals surface area contributed by atoms with Gasteiger partial charge in [-0.1, -0.05) is 6.92 Å². The van der Waals surface area contributed by atoms with Crippen LogP contribution in [-0.2, 0) is 0 Å². The summed E-state index contributed by atoms with van der Waals surface area (Å²) in [4.78, 5) is 18.3. The molecule has 1 aliphatic heterocycles. The molecule has 4 heterocycles. The Morgan fingerprint density at radius 3 is 2.72 bits per heavy atom. The van der Waals surface area contributed by atoms with E-state index in [1.165, 1.54) is 36.1 Å². The summed E-state index contributed by atoms with van der Waals surface area (Å²) in [6.45, 7) is 1.53. The maximum absolute atomic E-state index is 14.3. The maximum Gasteiger partial charge on any atom is 0.281 e. The van der Waals surface area contributed by atoms with E-state index in [4.69, 9.17) is 5.73 Å². The van der Waals surface area contributed by atoms with Crippen molar-refractivity contribution < 1.29 is 17.6 Å². The number of fused-ring (bicyclic) bond motifs is 1. The normalized spacial score (nSPS) is 21.8. The van der Waals surface area contributed by atoms with Gasteiger partial charge in [0.25, 0.3) is 12.3 Å². The predicted octanol–water partition coefficient (Wildman–Crippen LogP) is 2.79. The van der Waals surface area contributed by atoms with Crippen molar-refractivity contribution in [2.75, 3.05) is 24.5 Å². The highest BCUT2D eigenvalue weighted by Crippen LogP contribution is 2.38. The minimum atomic E-state index is -2.85. The molecular weight excluding hydrogens is 390 g/mol. The number of halogens is 4. The molecule has 0 aromatic carbocycles. The van der Waals surface area contributed by atoms with E-state index in [1.54, 1.807) is 11.0 Å². The first kappa shape index (κ1) is 19.5. The number of imidazole rings is 1. The minimum absolute atomic E-state index is 0.0664. The summed E-state index contributed by atoms with van der Waals surface area (Å²) in [6.07, 6.45) is 2.66. The molecule has 1 saturated heterocycles. The van der Waals surface area contributed by atoms with Crippen LogP contribution < -0.4 is 10.6 Å². The lowest BCUT2D eigenvalue weighted by atomic mass is 9.86. The Kier molecular flexibility index (Phi) is 4.85. The lowest BCUT2D eigenvalue weighted by molar-refractivity contribution is -0.108. The number of nitrogens with zero attached hydrogens (tertiary/aromatic N) is 6. The van der Waals surface area contributed by atoms with Crippen LogP contribution in [0.3, 0.4) is 0 Å². The van der Waals surface area contributed by atoms with E-state index in [9.17, 15) is 17.6 Å². The highest BCUT2D eigenvalue weighted by molar-refractivity contribution is 5.58. The van der Waals surface area contributed by atoms with Gasteiger partial charge in [-0.05, 0) is 6.07 Å². The van der Waals surface area contributed by atoms with Gasteiger partial charge in [0, 0.05) is 37.9 Å². The van der Waals surface area contributed by atoms with Crippen LogP contribution in [0.2, 0.25) is 0 Å². The fourth-order valence-electron chi connectivity index (χ4n) is 3.57. The summed E-state index contributed by atoms with van der Waals surface area (Å²) >= 11 is 0. The Hall–Kier alpha value is -2.82. The summed E-state index contributed by atoms with van der Waals surface area (Å²) in [6, 6.07) is 1.63. The fraction of sp³-hybridized carbons (Fsp3) is 0.444. The van der Waals surface area contributed by atoms with Crippen molar-refractivity contribution >= 4 is 11.5 Å². The zero-order valence-electron chi connectivity index (χ0n) is 15.5. The van der Waals surface area contributed by atoms with Crippen molar-refractivity contribution in [1.29, 1.82) is 0 Å². The molecule has 4 rings (SSSR count). The quantitative estimate of drug-likeness (QED) is 0.667. The van der Waals surface area contributed by atoms with Crippen LogP contribution in [0.15, 0.2) is 30.9 Å². The molecule has 1 fully saturated rings. The number of nitrogens with two attached hydrogens (primary N) is 1. The van der Waals surface area contributed by atoms with Gasteiger partial charge in [0.1, 0.15) is 17.2 Å². The van der Waals surface area contributed by atoms with Crippen molar-refractivity contribution in [3.63, 3.8) is 0 Å². The van der Waals surface area contributed by atoms with Crippen molar-refractivity contribution in [3.8, 4) is 11.5 Å². The molecule has 1 aliphatic rings. The minimum Gasteiger partial charge on any atom is -0.355 e. The van der Waals surface area contributed by atoms with Crippen LogP contribution in [0, 0.1) is 11.8 Å². The van der Waals surface area contributed by atoms with E-state index in [0.717, 1.165) is 0 Å². The molecule has 0 bridgehead atoms. The van der Waals surface area contributed by atoms with Crippen LogP contribution in [0.1, 0.15) is 19.0 Å². The Morgan fingerprint density at radius 2 is 2.00 bits per heavy atom. The zero-order valence-corrected chi connectivity index (χ0v) is 15.5. The topological polar surface area (TPSA) is 85.2 Å². The van der Waals surface area contributed by atoms with E-state index >= 15 is 0 Å². The van der Waals surface area contributed by atoms with Gasteiger partial charge in [-0.3, -0.25) is 4.40 Å². The van der Waals surface area contributed by atoms with Crippen LogP contribution >= 0.6 is 0 Å². The number of hydrogen-bond acceptors (Lipinski definition) is 6. The molecular formula is C18H19F4N7. The molecule has 0 spiro atoms. The van der Waals surface area contributed by atoms with E-state index in [1.807, 2.05) is 0 Å². The Balaban J connectivity index is 1.70. The van der Waals surface area contributed by atoms with Gasteiger partial charge in [-0.15, -0.1) is 0 Å². The molecule has 29 heavy (non-hydrogen) atoms. The number of aromatic nitrogens is 5. The van der Waals surface area contributed by atoms with Crippen molar-refractivity contribution in [1.82, 2.24) is 24.3 Å². The first-order valence-corrected chi connectivity index (χ1v) is 9.08. The number of hydrogen-bond donors (Lipinski definition) is 1. The summed E-state index contributed by atoms with van der Waals surface area (Å²) in [7, 11) is 0. The summed E-state index contributed by atoms with van der Waals surface area (Å²) < 4.78 is 56.1. The van der Waals surface area contributed by atoms with Gasteiger partial charge in [-0.2, -0.15) is 0 Å². The second-order valence-electron chi connectivity index (χ2n) is 7.14. The standard InChI is InChI=1S/C18H19F4N7/c1-10-7-28(8-11(4-23)18(10,21)22)14-2-3-24-17(27-14)13-5-26-15-6-25-12(16(19)20)9-29(13)15/h2-3,5-6,9-11,16H,4,7-8,23H2,1H3. The fourth-order valence-corrected chi connectivity index (χ4v) is 3.57. The first-order chi connectivity index (χ1) is 13.8. The molecule has 0 saturated carbocycles. The number of alkyl halides is 4. The monoisotopic (exact) mass is 409 g/mol. The molecule has 2 N–H and O–H groups in total. The molecule has 2 atom stereocenters. The molecule has 2 unspecified atom stereocenters. The average Bonchev–Trinajstić information content (AvgIpc) is 3.13. The van der Waals surface area contributed by atoms with Gasteiger partial charge in [0.2, 0.25) is 0 Å². The smallest absolute Gasteiger partial charge is 0.281 e. The van der Waals surface area contributed by atoms with Gasteiger partial charge < -0.3 is 10.6 Å². The molecule has 3 aromatic heterocycles. The number of rotatable bonds is 4. The first-order valence-electron chi connectivity index (χ1n) is 9.08. The van der Waals surface area contributed by atoms with Gasteiger partial charge >= 0.3 is 0 Å². The highest BCUT2D eigenvalue weighted by atomic mass is 19.3. The third-order valence-corrected chi connectivity index (χ3v) is 5.25. The summed E-state index contributed by atoms with van der Waals surface area (Å²) in [5, 5.41) is 0. The lowest BCUT2D eigenvalue weighted by Gasteiger charge is -2.42. The van der Waals surface area contributed by atoms with Crippen LogP contribution in [0.25, 0.3) is 17.2 Å². The molecule has 11 heteroatoms. The maximum atomic E-state index is 14.3. The highest BCUT2D eigenvalue weighted by Gasteiger charge is 2.49.